The second-order valence-corrected chi connectivity index (χ2v) is 9.59. The molecule has 2 N–H and O–H groups in total. The summed E-state index contributed by atoms with van der Waals surface area (Å²) in [5, 5.41) is 3.51. The van der Waals surface area contributed by atoms with Crippen LogP contribution in [-0.2, 0) is 14.8 Å². The van der Waals surface area contributed by atoms with Crippen molar-refractivity contribution in [3.8, 4) is 17.2 Å². The number of amides is 1. The summed E-state index contributed by atoms with van der Waals surface area (Å²) in [5.41, 5.74) is 1.29. The molecule has 3 aromatic carbocycles. The third-order valence-corrected chi connectivity index (χ3v) is 6.59. The van der Waals surface area contributed by atoms with E-state index in [4.69, 9.17) is 37.4 Å². The summed E-state index contributed by atoms with van der Waals surface area (Å²) in [6.07, 6.45) is 0. The first-order valence-corrected chi connectivity index (χ1v) is 12.1. The van der Waals surface area contributed by atoms with Crippen LogP contribution in [0.4, 0.5) is 11.4 Å². The van der Waals surface area contributed by atoms with E-state index in [9.17, 15) is 13.2 Å². The van der Waals surface area contributed by atoms with Crippen LogP contribution in [0.3, 0.4) is 0 Å². The zero-order valence-corrected chi connectivity index (χ0v) is 20.8. The van der Waals surface area contributed by atoms with E-state index in [0.29, 0.717) is 44.2 Å². The first-order valence-electron chi connectivity index (χ1n) is 9.86. The van der Waals surface area contributed by atoms with Gasteiger partial charge in [0.25, 0.3) is 15.9 Å². The number of benzene rings is 3. The van der Waals surface area contributed by atoms with Gasteiger partial charge in [0.2, 0.25) is 0 Å². The molecule has 180 valence electrons. The number of hydrogen-bond donors (Lipinski definition) is 2. The number of halogens is 2. The molecule has 0 spiro atoms. The van der Waals surface area contributed by atoms with Gasteiger partial charge in [-0.15, -0.1) is 0 Å². The lowest BCUT2D eigenvalue weighted by atomic mass is 10.2. The largest absolute Gasteiger partial charge is 0.495 e. The monoisotopic (exact) mass is 524 g/mol. The van der Waals surface area contributed by atoms with Gasteiger partial charge >= 0.3 is 0 Å². The second kappa shape index (κ2) is 10.9. The standard InChI is InChI=1S/C23H22Cl2N2O6S/c1-14-10-17(34(29,30)27-16-6-4-15(24)5-7-16)8-9-20(14)33-13-23(28)26-19-12-21(31-2)18(25)11-22(19)32-3/h4-12,27H,13H2,1-3H3,(H,26,28). The molecule has 0 saturated heterocycles. The van der Waals surface area contributed by atoms with E-state index in [1.165, 1.54) is 44.6 Å². The van der Waals surface area contributed by atoms with Crippen molar-refractivity contribution in [2.45, 2.75) is 11.8 Å². The summed E-state index contributed by atoms with van der Waals surface area (Å²) in [4.78, 5) is 12.5. The number of nitrogens with one attached hydrogen (secondary N) is 2. The van der Waals surface area contributed by atoms with Crippen molar-refractivity contribution < 1.29 is 27.4 Å². The second-order valence-electron chi connectivity index (χ2n) is 7.06. The highest BCUT2D eigenvalue weighted by Gasteiger charge is 2.17. The fourth-order valence-corrected chi connectivity index (χ4v) is 4.47. The molecule has 0 unspecified atom stereocenters. The van der Waals surface area contributed by atoms with Crippen LogP contribution in [0.25, 0.3) is 0 Å². The molecular weight excluding hydrogens is 503 g/mol. The van der Waals surface area contributed by atoms with Crippen LogP contribution >= 0.6 is 23.2 Å². The normalized spacial score (nSPS) is 11.0. The number of aryl methyl sites for hydroxylation is 1. The number of carbonyl (C=O) groups is 1. The molecule has 0 aromatic heterocycles. The van der Waals surface area contributed by atoms with Gasteiger partial charge in [0, 0.05) is 22.8 Å². The first-order chi connectivity index (χ1) is 16.1. The van der Waals surface area contributed by atoms with Gasteiger partial charge in [-0.05, 0) is 55.0 Å². The van der Waals surface area contributed by atoms with Gasteiger partial charge in [0.15, 0.2) is 6.61 Å². The summed E-state index contributed by atoms with van der Waals surface area (Å²) in [7, 11) is -0.912. The van der Waals surface area contributed by atoms with Crippen LogP contribution < -0.4 is 24.2 Å². The maximum absolute atomic E-state index is 12.7. The Morgan fingerprint density at radius 3 is 2.21 bits per heavy atom. The van der Waals surface area contributed by atoms with E-state index in [2.05, 4.69) is 10.0 Å². The quantitative estimate of drug-likeness (QED) is 0.401. The fourth-order valence-electron chi connectivity index (χ4n) is 2.97. The zero-order valence-electron chi connectivity index (χ0n) is 18.5. The van der Waals surface area contributed by atoms with Crippen molar-refractivity contribution >= 4 is 50.5 Å². The first kappa shape index (κ1) is 25.5. The Balaban J connectivity index is 1.67. The lowest BCUT2D eigenvalue weighted by Gasteiger charge is -2.14. The average Bonchev–Trinajstić information content (AvgIpc) is 2.80. The maximum Gasteiger partial charge on any atom is 0.262 e. The van der Waals surface area contributed by atoms with E-state index in [-0.39, 0.29) is 11.5 Å². The van der Waals surface area contributed by atoms with Crippen molar-refractivity contribution in [1.82, 2.24) is 0 Å². The Morgan fingerprint density at radius 1 is 0.912 bits per heavy atom. The van der Waals surface area contributed by atoms with E-state index in [1.807, 2.05) is 0 Å². The molecule has 0 heterocycles. The predicted octanol–water partition coefficient (Wildman–Crippen LogP) is 5.14. The summed E-state index contributed by atoms with van der Waals surface area (Å²) >= 11 is 11.9. The molecule has 8 nitrogen and oxygen atoms in total. The number of anilines is 2. The molecule has 0 saturated carbocycles. The van der Waals surface area contributed by atoms with Crippen molar-refractivity contribution in [3.63, 3.8) is 0 Å². The number of sulfonamides is 1. The molecule has 3 rings (SSSR count). The molecular formula is C23H22Cl2N2O6S. The Hall–Kier alpha value is -3.14. The summed E-state index contributed by atoms with van der Waals surface area (Å²) in [6.45, 7) is 1.37. The van der Waals surface area contributed by atoms with Crippen LogP contribution in [0.15, 0.2) is 59.5 Å². The van der Waals surface area contributed by atoms with Crippen LogP contribution in [0.1, 0.15) is 5.56 Å². The Labute approximate surface area is 207 Å². The Morgan fingerprint density at radius 2 is 1.59 bits per heavy atom. The summed E-state index contributed by atoms with van der Waals surface area (Å²) in [5.74, 6) is 0.640. The molecule has 0 radical (unpaired) electrons. The average molecular weight is 525 g/mol. The molecule has 1 amide bonds. The third kappa shape index (κ3) is 6.25. The number of carbonyl (C=O) groups excluding carboxylic acids is 1. The minimum absolute atomic E-state index is 0.0507. The van der Waals surface area contributed by atoms with Gasteiger partial charge in [-0.25, -0.2) is 8.42 Å². The summed E-state index contributed by atoms with van der Waals surface area (Å²) < 4.78 is 43.8. The number of methoxy groups -OCH3 is 2. The molecule has 0 aliphatic rings. The number of ether oxygens (including phenoxy) is 3. The predicted molar refractivity (Wildman–Crippen MR) is 132 cm³/mol. The lowest BCUT2D eigenvalue weighted by Crippen LogP contribution is -2.21. The van der Waals surface area contributed by atoms with Gasteiger partial charge < -0.3 is 19.5 Å². The molecule has 0 aliphatic heterocycles. The minimum Gasteiger partial charge on any atom is -0.495 e. The third-order valence-electron chi connectivity index (χ3n) is 4.66. The summed E-state index contributed by atoms with van der Waals surface area (Å²) in [6, 6.07) is 13.7. The van der Waals surface area contributed by atoms with Crippen LogP contribution in [0.5, 0.6) is 17.2 Å². The van der Waals surface area contributed by atoms with Gasteiger partial charge in [0.1, 0.15) is 17.2 Å². The lowest BCUT2D eigenvalue weighted by molar-refractivity contribution is -0.118. The van der Waals surface area contributed by atoms with E-state index in [1.54, 1.807) is 31.2 Å². The van der Waals surface area contributed by atoms with Gasteiger partial charge in [0.05, 0.1) is 29.8 Å². The fraction of sp³-hybridized carbons (Fsp3) is 0.174. The minimum atomic E-state index is -3.82. The van der Waals surface area contributed by atoms with Crippen molar-refractivity contribution in [1.29, 1.82) is 0 Å². The van der Waals surface area contributed by atoms with E-state index in [0.717, 1.165) is 0 Å². The Bertz CT molecular complexity index is 1300. The number of rotatable bonds is 9. The maximum atomic E-state index is 12.7. The van der Waals surface area contributed by atoms with Crippen LogP contribution in [-0.4, -0.2) is 35.2 Å². The van der Waals surface area contributed by atoms with Gasteiger partial charge in [-0.1, -0.05) is 23.2 Å². The molecule has 34 heavy (non-hydrogen) atoms. The SMILES string of the molecule is COc1cc(NC(=O)COc2ccc(S(=O)(=O)Nc3ccc(Cl)cc3)cc2C)c(OC)cc1Cl. The molecule has 0 atom stereocenters. The molecule has 0 aliphatic carbocycles. The van der Waals surface area contributed by atoms with Gasteiger partial charge in [-0.3, -0.25) is 9.52 Å². The Kier molecular flexibility index (Phi) is 8.14. The topological polar surface area (TPSA) is 103 Å². The highest BCUT2D eigenvalue weighted by molar-refractivity contribution is 7.92. The van der Waals surface area contributed by atoms with Crippen molar-refractivity contribution in [2.24, 2.45) is 0 Å². The van der Waals surface area contributed by atoms with E-state index < -0.39 is 15.9 Å². The zero-order chi connectivity index (χ0) is 24.9. The molecule has 11 heteroatoms. The van der Waals surface area contributed by atoms with Crippen LogP contribution in [0, 0.1) is 6.92 Å². The molecule has 0 fully saturated rings. The van der Waals surface area contributed by atoms with Gasteiger partial charge in [-0.2, -0.15) is 0 Å². The highest BCUT2D eigenvalue weighted by atomic mass is 35.5. The highest BCUT2D eigenvalue weighted by Crippen LogP contribution is 2.35. The molecule has 3 aromatic rings. The number of hydrogen-bond acceptors (Lipinski definition) is 6. The van der Waals surface area contributed by atoms with E-state index >= 15 is 0 Å². The smallest absolute Gasteiger partial charge is 0.262 e. The van der Waals surface area contributed by atoms with Crippen molar-refractivity contribution in [3.05, 3.63) is 70.2 Å². The molecule has 0 bridgehead atoms. The van der Waals surface area contributed by atoms with Crippen LogP contribution in [0.2, 0.25) is 10.0 Å². The van der Waals surface area contributed by atoms with Crippen molar-refractivity contribution in [2.75, 3.05) is 30.9 Å².